The van der Waals surface area contributed by atoms with Gasteiger partial charge < -0.3 is 24.6 Å². The average Bonchev–Trinajstić information content (AvgIpc) is 3.20. The lowest BCUT2D eigenvalue weighted by Gasteiger charge is -2.21. The number of carbonyl (C=O) groups excluding carboxylic acids is 2. The van der Waals surface area contributed by atoms with Crippen molar-refractivity contribution in [2.24, 2.45) is 0 Å². The highest BCUT2D eigenvalue weighted by Crippen LogP contribution is 2.35. The lowest BCUT2D eigenvalue weighted by Crippen LogP contribution is -2.45. The quantitative estimate of drug-likeness (QED) is 0.418. The molecule has 2 heterocycles. The molecule has 2 amide bonds. The van der Waals surface area contributed by atoms with Gasteiger partial charge in [-0.1, -0.05) is 19.1 Å². The van der Waals surface area contributed by atoms with Crippen molar-refractivity contribution in [3.05, 3.63) is 87.1 Å². The number of nitrogens with one attached hydrogen (secondary N) is 1. The van der Waals surface area contributed by atoms with Gasteiger partial charge in [0.25, 0.3) is 11.5 Å². The topological polar surface area (TPSA) is 101 Å². The van der Waals surface area contributed by atoms with Gasteiger partial charge in [0.15, 0.2) is 0 Å². The predicted molar refractivity (Wildman–Crippen MR) is 152 cm³/mol. The van der Waals surface area contributed by atoms with Crippen molar-refractivity contribution >= 4 is 32.0 Å². The zero-order chi connectivity index (χ0) is 28.4. The fourth-order valence-electron chi connectivity index (χ4n) is 5.00. The van der Waals surface area contributed by atoms with Gasteiger partial charge >= 0.3 is 0 Å². The van der Waals surface area contributed by atoms with Gasteiger partial charge in [-0.05, 0) is 61.0 Å². The van der Waals surface area contributed by atoms with Crippen molar-refractivity contribution in [1.82, 2.24) is 9.88 Å². The maximum Gasteiger partial charge on any atom is 0.274 e. The first-order valence-corrected chi connectivity index (χ1v) is 13.4. The van der Waals surface area contributed by atoms with Crippen LogP contribution in [0.4, 0.5) is 10.1 Å². The second-order valence-corrected chi connectivity index (χ2v) is 10.4. The van der Waals surface area contributed by atoms with E-state index in [1.807, 2.05) is 19.1 Å². The minimum atomic E-state index is -1.13. The minimum Gasteiger partial charge on any atom is -0.497 e. The van der Waals surface area contributed by atoms with Crippen LogP contribution in [0.1, 0.15) is 46.8 Å². The van der Waals surface area contributed by atoms with E-state index in [2.05, 4.69) is 14.6 Å². The number of aliphatic hydroxyl groups excluding tert-OH is 1. The third-order valence-electron chi connectivity index (χ3n) is 7.04. The molecule has 2 aromatic carbocycles. The molecule has 10 heteroatoms. The van der Waals surface area contributed by atoms with Crippen LogP contribution in [-0.2, 0) is 17.8 Å². The van der Waals surface area contributed by atoms with Crippen LogP contribution in [0.5, 0.6) is 5.75 Å². The van der Waals surface area contributed by atoms with Crippen molar-refractivity contribution in [3.63, 3.8) is 0 Å². The van der Waals surface area contributed by atoms with Crippen molar-refractivity contribution in [3.8, 4) is 5.75 Å². The summed E-state index contributed by atoms with van der Waals surface area (Å²) in [7, 11) is 3.91. The number of anilines is 1. The Morgan fingerprint density at radius 3 is 2.51 bits per heavy atom. The first-order chi connectivity index (χ1) is 18.5. The number of methoxy groups -OCH3 is 1. The average molecular weight is 554 g/mol. The molecule has 1 saturated heterocycles. The SMILES string of the molecule is CCc1ccc(C(=O)N[C@@H]2C(=O)N(c3c(C)ccn(CC(C)O)c3=O)C[C@H]2c2c(F)cc(OC)cc2P)cc1. The van der Waals surface area contributed by atoms with Crippen LogP contribution < -0.4 is 25.8 Å². The number of benzene rings is 2. The largest absolute Gasteiger partial charge is 0.497 e. The summed E-state index contributed by atoms with van der Waals surface area (Å²) < 4.78 is 22.0. The van der Waals surface area contributed by atoms with Crippen molar-refractivity contribution in [2.75, 3.05) is 18.6 Å². The van der Waals surface area contributed by atoms with Crippen LogP contribution in [0.2, 0.25) is 0 Å². The number of pyridine rings is 1. The van der Waals surface area contributed by atoms with Crippen molar-refractivity contribution in [2.45, 2.75) is 51.8 Å². The summed E-state index contributed by atoms with van der Waals surface area (Å²) in [5, 5.41) is 13.1. The Balaban J connectivity index is 1.79. The molecule has 2 unspecified atom stereocenters. The molecular weight excluding hydrogens is 520 g/mol. The van der Waals surface area contributed by atoms with Gasteiger partial charge in [0.1, 0.15) is 23.3 Å². The highest BCUT2D eigenvalue weighted by Gasteiger charge is 2.45. The molecular formula is C29H33FN3O5P. The number of aliphatic hydroxyl groups is 1. The molecule has 8 nitrogen and oxygen atoms in total. The highest BCUT2D eigenvalue weighted by atomic mass is 31.0. The molecule has 4 rings (SSSR count). The fourth-order valence-corrected chi connectivity index (χ4v) is 5.52. The van der Waals surface area contributed by atoms with Crippen LogP contribution in [-0.4, -0.2) is 47.3 Å². The summed E-state index contributed by atoms with van der Waals surface area (Å²) in [6.45, 7) is 5.30. The first-order valence-electron chi connectivity index (χ1n) is 12.8. The number of aromatic nitrogens is 1. The first kappa shape index (κ1) is 28.5. The number of carbonyl (C=O) groups is 2. The van der Waals surface area contributed by atoms with E-state index in [0.29, 0.717) is 22.2 Å². The van der Waals surface area contributed by atoms with E-state index in [1.54, 1.807) is 44.3 Å². The van der Waals surface area contributed by atoms with E-state index < -0.39 is 41.3 Å². The highest BCUT2D eigenvalue weighted by molar-refractivity contribution is 7.27. The van der Waals surface area contributed by atoms with Gasteiger partial charge in [-0.3, -0.25) is 14.4 Å². The molecule has 4 atom stereocenters. The van der Waals surface area contributed by atoms with Crippen molar-refractivity contribution < 1.29 is 23.8 Å². The Bertz CT molecular complexity index is 1430. The summed E-state index contributed by atoms with van der Waals surface area (Å²) in [6.07, 6.45) is 1.60. The zero-order valence-corrected chi connectivity index (χ0v) is 23.6. The van der Waals surface area contributed by atoms with Crippen molar-refractivity contribution in [1.29, 1.82) is 0 Å². The second kappa shape index (κ2) is 11.7. The fraction of sp³-hybridized carbons (Fsp3) is 0.345. The summed E-state index contributed by atoms with van der Waals surface area (Å²) in [5.41, 5.74) is 1.91. The molecule has 2 N–H and O–H groups in total. The van der Waals surface area contributed by atoms with E-state index in [1.165, 1.54) is 22.6 Å². The minimum absolute atomic E-state index is 0.0298. The van der Waals surface area contributed by atoms with Crippen LogP contribution in [0.15, 0.2) is 53.5 Å². The summed E-state index contributed by atoms with van der Waals surface area (Å²) in [5.74, 6) is -2.05. The van der Waals surface area contributed by atoms with Crippen LogP contribution in [0.25, 0.3) is 0 Å². The van der Waals surface area contributed by atoms with Gasteiger partial charge in [0.05, 0.1) is 19.8 Å². The number of hydrogen-bond acceptors (Lipinski definition) is 5. The maximum absolute atomic E-state index is 15.5. The molecule has 3 aromatic rings. The van der Waals surface area contributed by atoms with E-state index >= 15 is 4.39 Å². The van der Waals surface area contributed by atoms with Gasteiger partial charge in [0, 0.05) is 35.9 Å². The standard InChI is InChI=1S/C29H33FN3O5P/c1-5-18-6-8-19(9-7-18)27(35)31-25-21(24-22(30)12-20(38-4)13-23(24)39)15-33(28(25)36)26-16(2)10-11-32(29(26)37)14-17(3)34/h6-13,17,21,25,34H,5,14-15,39H2,1-4H3,(H,31,35)/t17?,21-,25-/m0/s1. The van der Waals surface area contributed by atoms with Crippen LogP contribution in [0.3, 0.4) is 0 Å². The van der Waals surface area contributed by atoms with Crippen LogP contribution in [0, 0.1) is 12.7 Å². The number of aryl methyl sites for hydroxylation is 2. The van der Waals surface area contributed by atoms with E-state index in [0.717, 1.165) is 12.0 Å². The molecule has 0 aliphatic carbocycles. The van der Waals surface area contributed by atoms with Gasteiger partial charge in [-0.25, -0.2) is 4.39 Å². The summed E-state index contributed by atoms with van der Waals surface area (Å²) >= 11 is 0. The zero-order valence-electron chi connectivity index (χ0n) is 22.4. The second-order valence-electron chi connectivity index (χ2n) is 9.82. The number of nitrogens with zero attached hydrogens (tertiary/aromatic N) is 2. The molecule has 1 fully saturated rings. The molecule has 1 aliphatic rings. The number of halogens is 1. The number of ether oxygens (including phenoxy) is 1. The third kappa shape index (κ3) is 5.75. The third-order valence-corrected chi connectivity index (χ3v) is 7.52. The molecule has 39 heavy (non-hydrogen) atoms. The van der Waals surface area contributed by atoms with Gasteiger partial charge in [-0.15, -0.1) is 9.24 Å². The number of rotatable bonds is 8. The lowest BCUT2D eigenvalue weighted by atomic mass is 9.92. The smallest absolute Gasteiger partial charge is 0.274 e. The molecule has 0 saturated carbocycles. The summed E-state index contributed by atoms with van der Waals surface area (Å²) in [6, 6.07) is 10.5. The maximum atomic E-state index is 15.5. The van der Waals surface area contributed by atoms with E-state index in [-0.39, 0.29) is 24.3 Å². The Labute approximate surface area is 229 Å². The predicted octanol–water partition coefficient (Wildman–Crippen LogP) is 2.68. The number of hydrogen-bond donors (Lipinski definition) is 2. The molecule has 0 bridgehead atoms. The van der Waals surface area contributed by atoms with Gasteiger partial charge in [0.2, 0.25) is 5.91 Å². The van der Waals surface area contributed by atoms with Crippen LogP contribution >= 0.6 is 9.24 Å². The Kier molecular flexibility index (Phi) is 8.52. The Morgan fingerprint density at radius 2 is 1.92 bits per heavy atom. The Morgan fingerprint density at radius 1 is 1.23 bits per heavy atom. The normalized spacial score (nSPS) is 17.8. The lowest BCUT2D eigenvalue weighted by molar-refractivity contribution is -0.118. The monoisotopic (exact) mass is 553 g/mol. The summed E-state index contributed by atoms with van der Waals surface area (Å²) in [4.78, 5) is 41.9. The molecule has 1 aromatic heterocycles. The Hall–Kier alpha value is -3.55. The van der Waals surface area contributed by atoms with E-state index in [4.69, 9.17) is 4.74 Å². The molecule has 206 valence electrons. The molecule has 1 aliphatic heterocycles. The van der Waals surface area contributed by atoms with Gasteiger partial charge in [-0.2, -0.15) is 0 Å². The van der Waals surface area contributed by atoms with E-state index in [9.17, 15) is 19.5 Å². The molecule has 0 radical (unpaired) electrons. The molecule has 0 spiro atoms. The number of amides is 2.